The summed E-state index contributed by atoms with van der Waals surface area (Å²) in [6, 6.07) is 1.76. The lowest BCUT2D eigenvalue weighted by Crippen LogP contribution is -2.47. The maximum atomic E-state index is 12.6. The summed E-state index contributed by atoms with van der Waals surface area (Å²) < 4.78 is 6.49. The average molecular weight is 376 g/mol. The van der Waals surface area contributed by atoms with Gasteiger partial charge in [0.2, 0.25) is 0 Å². The SMILES string of the molecule is Nc1cc(C2CCN(C(=O)N3CCOCC3)C2)nn1C(=O)c1cscn1. The smallest absolute Gasteiger partial charge is 0.320 e. The van der Waals surface area contributed by atoms with E-state index in [4.69, 9.17) is 10.5 Å². The highest BCUT2D eigenvalue weighted by Gasteiger charge is 2.32. The zero-order valence-electron chi connectivity index (χ0n) is 14.2. The van der Waals surface area contributed by atoms with Crippen molar-refractivity contribution in [2.75, 3.05) is 45.1 Å². The predicted octanol–water partition coefficient (Wildman–Crippen LogP) is 0.852. The Morgan fingerprint density at radius 2 is 2.04 bits per heavy atom. The first kappa shape index (κ1) is 17.0. The Labute approximate surface area is 154 Å². The standard InChI is InChI=1S/C16H20N6O3S/c17-14-7-12(19-22(14)15(23)13-9-26-10-18-13)11-1-2-21(8-11)16(24)20-3-5-25-6-4-20/h7,9-11H,1-6,8,17H2. The summed E-state index contributed by atoms with van der Waals surface area (Å²) in [6.45, 7) is 3.68. The number of likely N-dealkylation sites (tertiary alicyclic amines) is 1. The molecule has 2 aliphatic rings. The summed E-state index contributed by atoms with van der Waals surface area (Å²) >= 11 is 1.35. The normalized spacial score (nSPS) is 20.5. The van der Waals surface area contributed by atoms with Crippen molar-refractivity contribution < 1.29 is 14.3 Å². The third kappa shape index (κ3) is 3.17. The first-order valence-electron chi connectivity index (χ1n) is 8.53. The number of aromatic nitrogens is 3. The number of amides is 2. The van der Waals surface area contributed by atoms with Crippen LogP contribution in [0, 0.1) is 0 Å². The first-order valence-corrected chi connectivity index (χ1v) is 9.47. The van der Waals surface area contributed by atoms with Crippen molar-refractivity contribution in [2.45, 2.75) is 12.3 Å². The fourth-order valence-electron chi connectivity index (χ4n) is 3.33. The van der Waals surface area contributed by atoms with Crippen LogP contribution < -0.4 is 5.73 Å². The molecule has 2 saturated heterocycles. The van der Waals surface area contributed by atoms with Gasteiger partial charge >= 0.3 is 6.03 Å². The lowest BCUT2D eigenvalue weighted by atomic mass is 10.1. The van der Waals surface area contributed by atoms with Gasteiger partial charge in [-0.2, -0.15) is 9.78 Å². The molecule has 2 aromatic heterocycles. The molecule has 2 amide bonds. The van der Waals surface area contributed by atoms with Gasteiger partial charge < -0.3 is 20.3 Å². The minimum absolute atomic E-state index is 0.0433. The van der Waals surface area contributed by atoms with Gasteiger partial charge in [0, 0.05) is 43.5 Å². The van der Waals surface area contributed by atoms with Gasteiger partial charge in [0.05, 0.1) is 24.4 Å². The Kier molecular flexibility index (Phi) is 4.60. The van der Waals surface area contributed by atoms with Crippen LogP contribution in [0.1, 0.15) is 28.5 Å². The summed E-state index contributed by atoms with van der Waals surface area (Å²) in [7, 11) is 0. The fraction of sp³-hybridized carbons (Fsp3) is 0.500. The number of nitrogen functional groups attached to an aromatic ring is 1. The van der Waals surface area contributed by atoms with Crippen LogP contribution in [0.5, 0.6) is 0 Å². The Morgan fingerprint density at radius 3 is 2.77 bits per heavy atom. The van der Waals surface area contributed by atoms with E-state index in [0.29, 0.717) is 45.1 Å². The number of morpholine rings is 1. The largest absolute Gasteiger partial charge is 0.383 e. The second-order valence-corrected chi connectivity index (χ2v) is 7.12. The summed E-state index contributed by atoms with van der Waals surface area (Å²) in [5.74, 6) is 0.0250. The average Bonchev–Trinajstić information content (AvgIpc) is 3.41. The zero-order chi connectivity index (χ0) is 18.1. The number of hydrogen-bond acceptors (Lipinski definition) is 7. The van der Waals surface area contributed by atoms with Crippen molar-refractivity contribution in [3.8, 4) is 0 Å². The van der Waals surface area contributed by atoms with E-state index >= 15 is 0 Å². The monoisotopic (exact) mass is 376 g/mol. The van der Waals surface area contributed by atoms with Crippen LogP contribution in [0.3, 0.4) is 0 Å². The number of thiazole rings is 1. The molecule has 2 aromatic rings. The van der Waals surface area contributed by atoms with Crippen molar-refractivity contribution >= 4 is 29.1 Å². The van der Waals surface area contributed by atoms with E-state index in [-0.39, 0.29) is 23.7 Å². The molecule has 0 spiro atoms. The van der Waals surface area contributed by atoms with Crippen molar-refractivity contribution in [3.05, 3.63) is 28.3 Å². The Morgan fingerprint density at radius 1 is 1.23 bits per heavy atom. The Bertz CT molecular complexity index is 799. The third-order valence-electron chi connectivity index (χ3n) is 4.76. The third-order valence-corrected chi connectivity index (χ3v) is 5.34. The van der Waals surface area contributed by atoms with Gasteiger partial charge in [0.1, 0.15) is 11.5 Å². The fourth-order valence-corrected chi connectivity index (χ4v) is 3.86. The summed E-state index contributed by atoms with van der Waals surface area (Å²) in [5, 5.41) is 6.06. The number of carbonyl (C=O) groups is 2. The van der Waals surface area contributed by atoms with Crippen LogP contribution in [-0.4, -0.2) is 75.9 Å². The van der Waals surface area contributed by atoms with Gasteiger partial charge in [0.15, 0.2) is 0 Å². The molecule has 0 radical (unpaired) electrons. The van der Waals surface area contributed by atoms with Crippen molar-refractivity contribution in [1.29, 1.82) is 0 Å². The molecule has 1 atom stereocenters. The maximum absolute atomic E-state index is 12.6. The highest BCUT2D eigenvalue weighted by atomic mass is 32.1. The van der Waals surface area contributed by atoms with Crippen LogP contribution in [0.4, 0.5) is 10.6 Å². The van der Waals surface area contributed by atoms with Crippen LogP contribution in [0.2, 0.25) is 0 Å². The number of urea groups is 1. The minimum Gasteiger partial charge on any atom is -0.383 e. The second kappa shape index (κ2) is 7.04. The minimum atomic E-state index is -0.339. The van der Waals surface area contributed by atoms with Gasteiger partial charge in [-0.05, 0) is 6.42 Å². The van der Waals surface area contributed by atoms with E-state index < -0.39 is 0 Å². The molecule has 2 fully saturated rings. The van der Waals surface area contributed by atoms with Crippen LogP contribution in [0.15, 0.2) is 17.0 Å². The predicted molar refractivity (Wildman–Crippen MR) is 95.2 cm³/mol. The molecule has 4 heterocycles. The summed E-state index contributed by atoms with van der Waals surface area (Å²) in [6.07, 6.45) is 0.803. The molecular weight excluding hydrogens is 356 g/mol. The number of rotatable bonds is 2. The van der Waals surface area contributed by atoms with Gasteiger partial charge in [-0.1, -0.05) is 0 Å². The molecule has 0 aliphatic carbocycles. The lowest BCUT2D eigenvalue weighted by molar-refractivity contribution is 0.0450. The number of anilines is 1. The van der Waals surface area contributed by atoms with Crippen LogP contribution in [0.25, 0.3) is 0 Å². The molecule has 0 saturated carbocycles. The summed E-state index contributed by atoms with van der Waals surface area (Å²) in [4.78, 5) is 32.7. The lowest BCUT2D eigenvalue weighted by Gasteiger charge is -2.30. The van der Waals surface area contributed by atoms with Crippen LogP contribution in [-0.2, 0) is 4.74 Å². The summed E-state index contributed by atoms with van der Waals surface area (Å²) in [5.41, 5.74) is 8.64. The Balaban J connectivity index is 1.45. The van der Waals surface area contributed by atoms with E-state index in [1.54, 1.807) is 17.0 Å². The van der Waals surface area contributed by atoms with E-state index in [1.165, 1.54) is 16.0 Å². The van der Waals surface area contributed by atoms with Crippen molar-refractivity contribution in [2.24, 2.45) is 0 Å². The molecule has 26 heavy (non-hydrogen) atoms. The second-order valence-electron chi connectivity index (χ2n) is 6.40. The van der Waals surface area contributed by atoms with Crippen molar-refractivity contribution in [3.63, 3.8) is 0 Å². The van der Waals surface area contributed by atoms with Gasteiger partial charge in [0.25, 0.3) is 5.91 Å². The highest BCUT2D eigenvalue weighted by molar-refractivity contribution is 7.07. The molecule has 1 unspecified atom stereocenters. The molecule has 9 nitrogen and oxygen atoms in total. The number of nitrogens with two attached hydrogens (primary N) is 1. The molecule has 0 bridgehead atoms. The van der Waals surface area contributed by atoms with E-state index in [0.717, 1.165) is 12.1 Å². The van der Waals surface area contributed by atoms with Crippen LogP contribution >= 0.6 is 11.3 Å². The molecule has 2 N–H and O–H groups in total. The first-order chi connectivity index (χ1) is 12.6. The van der Waals surface area contributed by atoms with E-state index in [1.807, 2.05) is 9.80 Å². The van der Waals surface area contributed by atoms with Gasteiger partial charge in [-0.3, -0.25) is 4.79 Å². The van der Waals surface area contributed by atoms with E-state index in [9.17, 15) is 9.59 Å². The van der Waals surface area contributed by atoms with Gasteiger partial charge in [-0.25, -0.2) is 9.78 Å². The molecule has 2 aliphatic heterocycles. The molecular formula is C16H20N6O3S. The number of nitrogens with zero attached hydrogens (tertiary/aromatic N) is 5. The molecule has 4 rings (SSSR count). The quantitative estimate of drug-likeness (QED) is 0.833. The molecule has 138 valence electrons. The van der Waals surface area contributed by atoms with Crippen molar-refractivity contribution in [1.82, 2.24) is 24.6 Å². The Hall–Kier alpha value is -2.46. The number of hydrogen-bond donors (Lipinski definition) is 1. The molecule has 0 aromatic carbocycles. The molecule has 10 heteroatoms. The number of ether oxygens (including phenoxy) is 1. The maximum Gasteiger partial charge on any atom is 0.320 e. The van der Waals surface area contributed by atoms with Gasteiger partial charge in [-0.15, -0.1) is 11.3 Å². The highest BCUT2D eigenvalue weighted by Crippen LogP contribution is 2.28. The topological polar surface area (TPSA) is 107 Å². The van der Waals surface area contributed by atoms with E-state index in [2.05, 4.69) is 10.1 Å². The zero-order valence-corrected chi connectivity index (χ0v) is 15.0. The number of carbonyl (C=O) groups excluding carboxylic acids is 2.